The smallest absolute Gasteiger partial charge is 0.337 e. The van der Waals surface area contributed by atoms with Crippen LogP contribution in [0.4, 0.5) is 5.69 Å². The molecule has 0 unspecified atom stereocenters. The molecule has 0 bridgehead atoms. The average Bonchev–Trinajstić information content (AvgIpc) is 2.34. The van der Waals surface area contributed by atoms with Crippen molar-refractivity contribution in [2.45, 2.75) is 13.3 Å². The van der Waals surface area contributed by atoms with Gasteiger partial charge in [-0.3, -0.25) is 0 Å². The standard InChI is InChI=1S/C13H19NO3S/c1-10-4-2-5-11(13(16)17)12(10)14-6-9-18-8-3-7-15/h2,4-5,14-15H,3,6-9H2,1H3,(H,16,17). The summed E-state index contributed by atoms with van der Waals surface area (Å²) < 4.78 is 0. The second-order valence-corrected chi connectivity index (χ2v) is 5.14. The molecule has 0 fully saturated rings. The van der Waals surface area contributed by atoms with Gasteiger partial charge in [-0.15, -0.1) is 0 Å². The van der Waals surface area contributed by atoms with Crippen LogP contribution in [0.25, 0.3) is 0 Å². The monoisotopic (exact) mass is 269 g/mol. The number of para-hydroxylation sites is 1. The highest BCUT2D eigenvalue weighted by atomic mass is 32.2. The minimum absolute atomic E-state index is 0.224. The highest BCUT2D eigenvalue weighted by molar-refractivity contribution is 7.99. The summed E-state index contributed by atoms with van der Waals surface area (Å²) in [6.45, 7) is 2.84. The van der Waals surface area contributed by atoms with Crippen LogP contribution >= 0.6 is 11.8 Å². The summed E-state index contributed by atoms with van der Waals surface area (Å²) in [6, 6.07) is 5.25. The molecular weight excluding hydrogens is 250 g/mol. The molecule has 4 nitrogen and oxygen atoms in total. The van der Waals surface area contributed by atoms with Gasteiger partial charge >= 0.3 is 5.97 Å². The zero-order chi connectivity index (χ0) is 13.4. The molecule has 0 spiro atoms. The van der Waals surface area contributed by atoms with Gasteiger partial charge in [0.05, 0.1) is 11.3 Å². The van der Waals surface area contributed by atoms with E-state index < -0.39 is 5.97 Å². The summed E-state index contributed by atoms with van der Waals surface area (Å²) in [5, 5.41) is 20.9. The molecule has 0 aliphatic heterocycles. The Morgan fingerprint density at radius 1 is 1.39 bits per heavy atom. The Morgan fingerprint density at radius 2 is 2.17 bits per heavy atom. The Balaban J connectivity index is 2.48. The predicted octanol–water partition coefficient (Wildman–Crippen LogP) is 2.22. The van der Waals surface area contributed by atoms with Crippen LogP contribution in [0.1, 0.15) is 22.3 Å². The maximum absolute atomic E-state index is 11.1. The molecule has 0 atom stereocenters. The molecule has 1 aromatic rings. The number of aromatic carboxylic acids is 1. The summed E-state index contributed by atoms with van der Waals surface area (Å²) in [4.78, 5) is 11.1. The van der Waals surface area contributed by atoms with Crippen molar-refractivity contribution in [3.05, 3.63) is 29.3 Å². The third kappa shape index (κ3) is 4.58. The molecule has 0 aromatic heterocycles. The molecule has 0 saturated heterocycles. The maximum atomic E-state index is 11.1. The van der Waals surface area contributed by atoms with E-state index in [0.717, 1.165) is 30.0 Å². The molecule has 0 heterocycles. The quantitative estimate of drug-likeness (QED) is 0.631. The third-order valence-electron chi connectivity index (χ3n) is 2.50. The normalized spacial score (nSPS) is 10.3. The summed E-state index contributed by atoms with van der Waals surface area (Å²) >= 11 is 1.75. The highest BCUT2D eigenvalue weighted by Gasteiger charge is 2.10. The summed E-state index contributed by atoms with van der Waals surface area (Å²) in [5.41, 5.74) is 1.96. The lowest BCUT2D eigenvalue weighted by atomic mass is 10.1. The van der Waals surface area contributed by atoms with E-state index in [1.807, 2.05) is 13.0 Å². The van der Waals surface area contributed by atoms with Crippen LogP contribution < -0.4 is 5.32 Å². The number of benzene rings is 1. The van der Waals surface area contributed by atoms with E-state index >= 15 is 0 Å². The fraction of sp³-hybridized carbons (Fsp3) is 0.462. The van der Waals surface area contributed by atoms with Crippen molar-refractivity contribution >= 4 is 23.4 Å². The Labute approximate surface area is 111 Å². The van der Waals surface area contributed by atoms with E-state index in [9.17, 15) is 4.79 Å². The van der Waals surface area contributed by atoms with Gasteiger partial charge in [-0.05, 0) is 30.7 Å². The minimum Gasteiger partial charge on any atom is -0.478 e. The zero-order valence-corrected chi connectivity index (χ0v) is 11.3. The van der Waals surface area contributed by atoms with Crippen molar-refractivity contribution in [3.8, 4) is 0 Å². The molecule has 0 saturated carbocycles. The largest absolute Gasteiger partial charge is 0.478 e. The molecule has 0 radical (unpaired) electrons. The van der Waals surface area contributed by atoms with E-state index in [1.165, 1.54) is 0 Å². The number of rotatable bonds is 8. The van der Waals surface area contributed by atoms with E-state index in [1.54, 1.807) is 23.9 Å². The number of nitrogens with one attached hydrogen (secondary N) is 1. The fourth-order valence-corrected chi connectivity index (χ4v) is 2.38. The van der Waals surface area contributed by atoms with Crippen molar-refractivity contribution in [2.24, 2.45) is 0 Å². The van der Waals surface area contributed by atoms with E-state index in [0.29, 0.717) is 11.3 Å². The van der Waals surface area contributed by atoms with Gasteiger partial charge in [0, 0.05) is 18.9 Å². The van der Waals surface area contributed by atoms with Crippen molar-refractivity contribution in [1.82, 2.24) is 0 Å². The van der Waals surface area contributed by atoms with Crippen LogP contribution in [-0.2, 0) is 0 Å². The Morgan fingerprint density at radius 3 is 2.83 bits per heavy atom. The van der Waals surface area contributed by atoms with Gasteiger partial charge in [-0.1, -0.05) is 12.1 Å². The van der Waals surface area contributed by atoms with E-state index in [2.05, 4.69) is 5.32 Å². The average molecular weight is 269 g/mol. The topological polar surface area (TPSA) is 69.6 Å². The van der Waals surface area contributed by atoms with Gasteiger partial charge in [0.25, 0.3) is 0 Å². The second-order valence-electron chi connectivity index (χ2n) is 3.92. The fourth-order valence-electron chi connectivity index (χ4n) is 1.60. The second kappa shape index (κ2) is 8.00. The van der Waals surface area contributed by atoms with Crippen LogP contribution in [0.15, 0.2) is 18.2 Å². The number of hydrogen-bond donors (Lipinski definition) is 3. The predicted molar refractivity (Wildman–Crippen MR) is 75.7 cm³/mol. The molecule has 18 heavy (non-hydrogen) atoms. The number of aliphatic hydroxyl groups is 1. The number of hydrogen-bond acceptors (Lipinski definition) is 4. The number of aliphatic hydroxyl groups excluding tert-OH is 1. The van der Waals surface area contributed by atoms with Gasteiger partial charge in [0.1, 0.15) is 0 Å². The molecule has 0 aliphatic rings. The summed E-state index contributed by atoms with van der Waals surface area (Å²) in [5.74, 6) is 0.916. The molecule has 5 heteroatoms. The number of carboxylic acid groups (broad SMARTS) is 1. The van der Waals surface area contributed by atoms with Crippen molar-refractivity contribution in [2.75, 3.05) is 30.0 Å². The van der Waals surface area contributed by atoms with Gasteiger partial charge in [0.15, 0.2) is 0 Å². The van der Waals surface area contributed by atoms with Crippen molar-refractivity contribution < 1.29 is 15.0 Å². The lowest BCUT2D eigenvalue weighted by Crippen LogP contribution is -2.11. The third-order valence-corrected chi connectivity index (χ3v) is 3.57. The lowest BCUT2D eigenvalue weighted by molar-refractivity contribution is 0.0698. The number of thioether (sulfide) groups is 1. The SMILES string of the molecule is Cc1cccc(C(=O)O)c1NCCSCCCO. The Bertz CT molecular complexity index is 396. The minimum atomic E-state index is -0.908. The molecule has 1 rings (SSSR count). The molecule has 100 valence electrons. The van der Waals surface area contributed by atoms with Crippen LogP contribution in [0, 0.1) is 6.92 Å². The molecular formula is C13H19NO3S. The Hall–Kier alpha value is -1.20. The van der Waals surface area contributed by atoms with E-state index in [-0.39, 0.29) is 6.61 Å². The molecule has 0 amide bonds. The van der Waals surface area contributed by atoms with Crippen LogP contribution in [-0.4, -0.2) is 40.8 Å². The van der Waals surface area contributed by atoms with Crippen molar-refractivity contribution in [1.29, 1.82) is 0 Å². The first-order valence-electron chi connectivity index (χ1n) is 5.92. The highest BCUT2D eigenvalue weighted by Crippen LogP contribution is 2.20. The summed E-state index contributed by atoms with van der Waals surface area (Å²) in [7, 11) is 0. The summed E-state index contributed by atoms with van der Waals surface area (Å²) in [6.07, 6.45) is 0.801. The first kappa shape index (κ1) is 14.9. The zero-order valence-electron chi connectivity index (χ0n) is 10.5. The maximum Gasteiger partial charge on any atom is 0.337 e. The number of anilines is 1. The van der Waals surface area contributed by atoms with Crippen molar-refractivity contribution in [3.63, 3.8) is 0 Å². The van der Waals surface area contributed by atoms with Crippen LogP contribution in [0.3, 0.4) is 0 Å². The number of carbonyl (C=O) groups is 1. The molecule has 1 aromatic carbocycles. The molecule has 3 N–H and O–H groups in total. The Kier molecular flexibility index (Phi) is 6.60. The van der Waals surface area contributed by atoms with Gasteiger partial charge in [-0.25, -0.2) is 4.79 Å². The number of aryl methyl sites for hydroxylation is 1. The lowest BCUT2D eigenvalue weighted by Gasteiger charge is -2.12. The van der Waals surface area contributed by atoms with Gasteiger partial charge in [0.2, 0.25) is 0 Å². The van der Waals surface area contributed by atoms with Crippen LogP contribution in [0.2, 0.25) is 0 Å². The van der Waals surface area contributed by atoms with E-state index in [4.69, 9.17) is 10.2 Å². The first-order chi connectivity index (χ1) is 8.66. The van der Waals surface area contributed by atoms with Gasteiger partial charge in [-0.2, -0.15) is 11.8 Å². The van der Waals surface area contributed by atoms with Gasteiger partial charge < -0.3 is 15.5 Å². The number of carboxylic acids is 1. The first-order valence-corrected chi connectivity index (χ1v) is 7.07. The van der Waals surface area contributed by atoms with Crippen LogP contribution in [0.5, 0.6) is 0 Å². The molecule has 0 aliphatic carbocycles.